The second kappa shape index (κ2) is 8.58. The van der Waals surface area contributed by atoms with E-state index in [4.69, 9.17) is 14.2 Å². The minimum absolute atomic E-state index is 0.263. The van der Waals surface area contributed by atoms with Crippen molar-refractivity contribution in [1.29, 1.82) is 0 Å². The third-order valence-corrected chi connectivity index (χ3v) is 6.39. The molecule has 0 aliphatic rings. The second-order valence-electron chi connectivity index (χ2n) is 5.82. The number of rotatable bonds is 8. The van der Waals surface area contributed by atoms with Gasteiger partial charge in [-0.3, -0.25) is 0 Å². The second-order valence-corrected chi connectivity index (χ2v) is 9.11. The molecule has 1 unspecified atom stereocenters. The monoisotopic (exact) mass is 418 g/mol. The maximum Gasteiger partial charge on any atom is 0.453 e. The summed E-state index contributed by atoms with van der Waals surface area (Å²) in [5, 5.41) is 5.19. The van der Waals surface area contributed by atoms with Crippen molar-refractivity contribution in [3.63, 3.8) is 0 Å². The minimum Gasteiger partial charge on any atom is -0.415 e. The van der Waals surface area contributed by atoms with Crippen LogP contribution in [0.1, 0.15) is 11.3 Å². The molecule has 0 bridgehead atoms. The Morgan fingerprint density at radius 2 is 1.14 bits per heavy atom. The predicted molar refractivity (Wildman–Crippen MR) is 107 cm³/mol. The van der Waals surface area contributed by atoms with Gasteiger partial charge in [0.1, 0.15) is 11.5 Å². The van der Waals surface area contributed by atoms with Crippen molar-refractivity contribution in [1.82, 2.24) is 4.72 Å². The smallest absolute Gasteiger partial charge is 0.415 e. The van der Waals surface area contributed by atoms with Crippen LogP contribution in [-0.2, 0) is 14.8 Å². The van der Waals surface area contributed by atoms with E-state index in [-0.39, 0.29) is 11.5 Å². The standard InChI is InChI=1S/C19H19N2O5PS/c20-28(23,24)21-19(16-10-4-1-5-11-16)27(22,25-17-12-6-2-7-13-17)26-18-14-8-3-9-15-18/h1-15,19,21H,(H2,20,23,24). The van der Waals surface area contributed by atoms with Crippen molar-refractivity contribution in [3.8, 4) is 11.5 Å². The van der Waals surface area contributed by atoms with E-state index in [0.717, 1.165) is 0 Å². The van der Waals surface area contributed by atoms with E-state index in [1.165, 1.54) is 0 Å². The summed E-state index contributed by atoms with van der Waals surface area (Å²) in [6.07, 6.45) is 0. The van der Waals surface area contributed by atoms with Crippen LogP contribution in [0.5, 0.6) is 11.5 Å². The summed E-state index contributed by atoms with van der Waals surface area (Å²) in [5.74, 6) is -0.832. The van der Waals surface area contributed by atoms with Gasteiger partial charge >= 0.3 is 7.60 Å². The summed E-state index contributed by atoms with van der Waals surface area (Å²) < 4.78 is 51.1. The molecule has 0 radical (unpaired) electrons. The quantitative estimate of drug-likeness (QED) is 0.541. The van der Waals surface area contributed by atoms with Crippen LogP contribution in [0.3, 0.4) is 0 Å². The van der Waals surface area contributed by atoms with Crippen LogP contribution in [0.25, 0.3) is 0 Å². The Morgan fingerprint density at radius 3 is 1.54 bits per heavy atom. The van der Waals surface area contributed by atoms with Crippen LogP contribution >= 0.6 is 7.60 Å². The fraction of sp³-hybridized carbons (Fsp3) is 0.0526. The Bertz CT molecular complexity index is 1000. The van der Waals surface area contributed by atoms with E-state index < -0.39 is 23.6 Å². The molecule has 146 valence electrons. The molecule has 0 aromatic heterocycles. The van der Waals surface area contributed by atoms with Crippen LogP contribution in [0, 0.1) is 0 Å². The molecule has 7 nitrogen and oxygen atoms in total. The molecule has 0 saturated carbocycles. The van der Waals surface area contributed by atoms with Gasteiger partial charge in [0.2, 0.25) is 0 Å². The zero-order chi connectivity index (χ0) is 20.0. The lowest BCUT2D eigenvalue weighted by Gasteiger charge is -2.27. The van der Waals surface area contributed by atoms with Crippen molar-refractivity contribution in [3.05, 3.63) is 96.6 Å². The normalized spacial score (nSPS) is 12.9. The lowest BCUT2D eigenvalue weighted by molar-refractivity contribution is 0.368. The van der Waals surface area contributed by atoms with Gasteiger partial charge in [0.05, 0.1) is 0 Å². The summed E-state index contributed by atoms with van der Waals surface area (Å²) in [4.78, 5) is 0. The van der Waals surface area contributed by atoms with E-state index in [2.05, 4.69) is 4.72 Å². The topological polar surface area (TPSA) is 108 Å². The van der Waals surface area contributed by atoms with Crippen LogP contribution in [-0.4, -0.2) is 8.42 Å². The molecule has 3 aromatic carbocycles. The first kappa shape index (κ1) is 20.1. The molecule has 28 heavy (non-hydrogen) atoms. The highest BCUT2D eigenvalue weighted by atomic mass is 32.2. The van der Waals surface area contributed by atoms with Gasteiger partial charge in [-0.1, -0.05) is 66.7 Å². The SMILES string of the molecule is NS(=O)(=O)NC(c1ccccc1)P(=O)(Oc1ccccc1)Oc1ccccc1. The summed E-state index contributed by atoms with van der Waals surface area (Å²) in [6, 6.07) is 25.1. The van der Waals surface area contributed by atoms with Gasteiger partial charge in [-0.2, -0.15) is 13.1 Å². The Kier molecular flexibility index (Phi) is 6.16. The van der Waals surface area contributed by atoms with Crippen LogP contribution in [0.15, 0.2) is 91.0 Å². The van der Waals surface area contributed by atoms with Crippen molar-refractivity contribution in [2.45, 2.75) is 5.78 Å². The zero-order valence-electron chi connectivity index (χ0n) is 14.7. The molecule has 9 heteroatoms. The minimum atomic E-state index is -4.22. The van der Waals surface area contributed by atoms with Gasteiger partial charge in [0.15, 0.2) is 5.78 Å². The average molecular weight is 418 g/mol. The fourth-order valence-corrected chi connectivity index (χ4v) is 5.51. The number of nitrogens with two attached hydrogens (primary N) is 1. The highest BCUT2D eigenvalue weighted by Crippen LogP contribution is 2.59. The van der Waals surface area contributed by atoms with Gasteiger partial charge in [-0.05, 0) is 29.8 Å². The van der Waals surface area contributed by atoms with Crippen molar-refractivity contribution < 1.29 is 22.0 Å². The third-order valence-electron chi connectivity index (χ3n) is 3.66. The molecular formula is C19H19N2O5PS. The molecule has 0 fully saturated rings. The molecule has 1 atom stereocenters. The zero-order valence-corrected chi connectivity index (χ0v) is 16.4. The maximum atomic E-state index is 13.9. The molecular weight excluding hydrogens is 399 g/mol. The van der Waals surface area contributed by atoms with Crippen molar-refractivity contribution in [2.24, 2.45) is 5.14 Å². The Balaban J connectivity index is 2.09. The van der Waals surface area contributed by atoms with Gasteiger partial charge in [0.25, 0.3) is 10.2 Å². The van der Waals surface area contributed by atoms with E-state index in [0.29, 0.717) is 5.56 Å². The predicted octanol–water partition coefficient (Wildman–Crippen LogP) is 3.83. The first-order chi connectivity index (χ1) is 13.4. The van der Waals surface area contributed by atoms with Gasteiger partial charge in [-0.15, -0.1) is 0 Å². The molecule has 0 spiro atoms. The lowest BCUT2D eigenvalue weighted by atomic mass is 10.2. The van der Waals surface area contributed by atoms with Crippen LogP contribution in [0.4, 0.5) is 0 Å². The first-order valence-electron chi connectivity index (χ1n) is 8.30. The Hall–Kier alpha value is -2.64. The van der Waals surface area contributed by atoms with Crippen molar-refractivity contribution in [2.75, 3.05) is 0 Å². The summed E-state index contributed by atoms with van der Waals surface area (Å²) in [5.41, 5.74) is 0.381. The number of hydrogen-bond donors (Lipinski definition) is 2. The van der Waals surface area contributed by atoms with E-state index >= 15 is 0 Å². The summed E-state index contributed by atoms with van der Waals surface area (Å²) in [7, 11) is -8.38. The largest absolute Gasteiger partial charge is 0.453 e. The Morgan fingerprint density at radius 1 is 0.750 bits per heavy atom. The maximum absolute atomic E-state index is 13.9. The van der Waals surface area contributed by atoms with Crippen LogP contribution in [0.2, 0.25) is 0 Å². The van der Waals surface area contributed by atoms with Crippen LogP contribution < -0.4 is 18.9 Å². The molecule has 0 saturated heterocycles. The summed E-state index contributed by atoms with van der Waals surface area (Å²) >= 11 is 0. The van der Waals surface area contributed by atoms with Crippen molar-refractivity contribution >= 4 is 17.8 Å². The number of benzene rings is 3. The summed E-state index contributed by atoms with van der Waals surface area (Å²) in [6.45, 7) is 0. The molecule has 0 heterocycles. The molecule has 3 N–H and O–H groups in total. The van der Waals surface area contributed by atoms with E-state index in [9.17, 15) is 13.0 Å². The highest BCUT2D eigenvalue weighted by Gasteiger charge is 2.42. The molecule has 0 aliphatic heterocycles. The van der Waals surface area contributed by atoms with Gasteiger partial charge in [0, 0.05) is 0 Å². The average Bonchev–Trinajstić information content (AvgIpc) is 2.67. The molecule has 3 rings (SSSR count). The van der Waals surface area contributed by atoms with E-state index in [1.54, 1.807) is 91.0 Å². The lowest BCUT2D eigenvalue weighted by Crippen LogP contribution is -2.35. The highest BCUT2D eigenvalue weighted by molar-refractivity contribution is 7.87. The number of hydrogen-bond acceptors (Lipinski definition) is 5. The third kappa shape index (κ3) is 5.43. The Labute approximate surface area is 163 Å². The molecule has 0 amide bonds. The number of nitrogens with one attached hydrogen (secondary N) is 1. The molecule has 0 aliphatic carbocycles. The molecule has 3 aromatic rings. The van der Waals surface area contributed by atoms with Gasteiger partial charge in [-0.25, -0.2) is 9.70 Å². The van der Waals surface area contributed by atoms with Gasteiger partial charge < -0.3 is 9.05 Å². The number of para-hydroxylation sites is 2. The van der Waals surface area contributed by atoms with E-state index in [1.807, 2.05) is 0 Å². The fourth-order valence-electron chi connectivity index (χ4n) is 2.49. The first-order valence-corrected chi connectivity index (χ1v) is 11.5.